The molecule has 0 unspecified atom stereocenters. The summed E-state index contributed by atoms with van der Waals surface area (Å²) in [4.78, 5) is 40.3. The molecule has 2 bridgehead atoms. The number of aryl methyl sites for hydroxylation is 1. The Kier molecular flexibility index (Phi) is 3.61. The van der Waals surface area contributed by atoms with Crippen molar-refractivity contribution < 1.29 is 14.4 Å². The van der Waals surface area contributed by atoms with Crippen LogP contribution in [0.2, 0.25) is 0 Å². The first-order chi connectivity index (χ1) is 14.5. The number of carbonyl (C=O) groups excluding carboxylic acids is 3. The average molecular weight is 398 g/mol. The summed E-state index contributed by atoms with van der Waals surface area (Å²) in [5.41, 5.74) is 2.89. The molecule has 0 aromatic heterocycles. The second kappa shape index (κ2) is 6.14. The van der Waals surface area contributed by atoms with Crippen molar-refractivity contribution in [2.24, 2.45) is 35.5 Å². The SMILES string of the molecule is Cc1ccc(NC(=O)c2ccc(N3C(=O)[C@H]4[C@@H]5C=C[C@H]([C@H]6C[C@H]56)[C@@H]4C3=O)cc2)cc1. The molecule has 0 spiro atoms. The zero-order chi connectivity index (χ0) is 20.6. The molecule has 1 heterocycles. The zero-order valence-electron chi connectivity index (χ0n) is 16.6. The molecular weight excluding hydrogens is 376 g/mol. The number of hydrogen-bond acceptors (Lipinski definition) is 3. The number of rotatable bonds is 3. The molecule has 2 saturated carbocycles. The standard InChI is InChI=1S/C25H22N2O3/c1-13-2-6-15(7-3-13)26-23(28)14-4-8-16(9-5-14)27-24(29)21-17-10-11-18(20-12-19(17)20)22(21)25(27)30/h2-11,17-22H,12H2,1H3,(H,26,28)/t17-,18-,19-,20-,21+,22+/m1/s1. The number of nitrogens with zero attached hydrogens (tertiary/aromatic N) is 1. The molecule has 2 aromatic rings. The van der Waals surface area contributed by atoms with Gasteiger partial charge in [0.25, 0.3) is 5.91 Å². The molecule has 3 amide bonds. The van der Waals surface area contributed by atoms with Gasteiger partial charge in [-0.3, -0.25) is 19.3 Å². The third-order valence-electron chi connectivity index (χ3n) is 7.36. The summed E-state index contributed by atoms with van der Waals surface area (Å²) in [6.45, 7) is 1.99. The average Bonchev–Trinajstić information content (AvgIpc) is 3.53. The fourth-order valence-electron chi connectivity index (χ4n) is 5.81. The molecule has 1 saturated heterocycles. The van der Waals surface area contributed by atoms with Gasteiger partial charge in [-0.25, -0.2) is 0 Å². The Labute approximate surface area is 174 Å². The molecule has 3 fully saturated rings. The van der Waals surface area contributed by atoms with E-state index in [0.29, 0.717) is 23.1 Å². The van der Waals surface area contributed by atoms with Crippen LogP contribution >= 0.6 is 0 Å². The van der Waals surface area contributed by atoms with Gasteiger partial charge in [-0.1, -0.05) is 29.8 Å². The van der Waals surface area contributed by atoms with Crippen molar-refractivity contribution in [2.45, 2.75) is 13.3 Å². The Balaban J connectivity index is 1.23. The first kappa shape index (κ1) is 17.6. The molecule has 5 nitrogen and oxygen atoms in total. The minimum Gasteiger partial charge on any atom is -0.322 e. The van der Waals surface area contributed by atoms with E-state index in [1.54, 1.807) is 24.3 Å². The lowest BCUT2D eigenvalue weighted by Gasteiger charge is -2.37. The van der Waals surface area contributed by atoms with Crippen molar-refractivity contribution in [2.75, 3.05) is 10.2 Å². The Hall–Kier alpha value is -3.21. The zero-order valence-corrected chi connectivity index (χ0v) is 16.6. The molecule has 5 heteroatoms. The fourth-order valence-corrected chi connectivity index (χ4v) is 5.81. The van der Waals surface area contributed by atoms with Crippen molar-refractivity contribution in [1.82, 2.24) is 0 Å². The largest absolute Gasteiger partial charge is 0.322 e. The Bertz CT molecular complexity index is 1070. The quantitative estimate of drug-likeness (QED) is 0.632. The third kappa shape index (κ3) is 2.44. The lowest BCUT2D eigenvalue weighted by atomic mass is 9.63. The predicted molar refractivity (Wildman–Crippen MR) is 113 cm³/mol. The summed E-state index contributed by atoms with van der Waals surface area (Å²) >= 11 is 0. The topological polar surface area (TPSA) is 66.5 Å². The fraction of sp³-hybridized carbons (Fsp3) is 0.320. The van der Waals surface area contributed by atoms with Gasteiger partial charge < -0.3 is 5.32 Å². The molecule has 1 N–H and O–H groups in total. The summed E-state index contributed by atoms with van der Waals surface area (Å²) in [7, 11) is 0. The molecule has 4 aliphatic carbocycles. The van der Waals surface area contributed by atoms with E-state index in [4.69, 9.17) is 0 Å². The maximum atomic E-state index is 13.2. The van der Waals surface area contributed by atoms with Gasteiger partial charge in [-0.15, -0.1) is 0 Å². The summed E-state index contributed by atoms with van der Waals surface area (Å²) in [5, 5.41) is 2.87. The van der Waals surface area contributed by atoms with E-state index in [0.717, 1.165) is 17.7 Å². The lowest BCUT2D eigenvalue weighted by molar-refractivity contribution is -0.124. The number of nitrogens with one attached hydrogen (secondary N) is 1. The van der Waals surface area contributed by atoms with Crippen molar-refractivity contribution in [3.05, 3.63) is 71.8 Å². The van der Waals surface area contributed by atoms with Gasteiger partial charge in [-0.05, 0) is 73.4 Å². The first-order valence-corrected chi connectivity index (χ1v) is 10.6. The van der Waals surface area contributed by atoms with Gasteiger partial charge in [0.15, 0.2) is 0 Å². The number of imide groups is 1. The lowest BCUT2D eigenvalue weighted by Crippen LogP contribution is -2.40. The monoisotopic (exact) mass is 398 g/mol. The van der Waals surface area contributed by atoms with Gasteiger partial charge in [0.1, 0.15) is 0 Å². The van der Waals surface area contributed by atoms with Crippen molar-refractivity contribution in [3.63, 3.8) is 0 Å². The second-order valence-corrected chi connectivity index (χ2v) is 9.03. The number of allylic oxidation sites excluding steroid dienone is 2. The van der Waals surface area contributed by atoms with E-state index in [1.165, 1.54) is 4.90 Å². The number of amides is 3. The number of carbonyl (C=O) groups is 3. The normalized spacial score (nSPS) is 32.8. The predicted octanol–water partition coefficient (Wildman–Crippen LogP) is 3.80. The molecule has 30 heavy (non-hydrogen) atoms. The highest BCUT2D eigenvalue weighted by atomic mass is 16.2. The van der Waals surface area contributed by atoms with Crippen LogP contribution < -0.4 is 10.2 Å². The van der Waals surface area contributed by atoms with Crippen LogP contribution in [-0.4, -0.2) is 17.7 Å². The highest BCUT2D eigenvalue weighted by Gasteiger charge is 2.67. The highest BCUT2D eigenvalue weighted by molar-refractivity contribution is 6.22. The molecular formula is C25H22N2O3. The third-order valence-corrected chi connectivity index (χ3v) is 7.36. The molecule has 7 rings (SSSR count). The van der Waals surface area contributed by atoms with E-state index in [1.807, 2.05) is 31.2 Å². The van der Waals surface area contributed by atoms with Gasteiger partial charge >= 0.3 is 0 Å². The Morgan fingerprint density at radius 2 is 1.43 bits per heavy atom. The maximum Gasteiger partial charge on any atom is 0.255 e. The number of benzene rings is 2. The minimum atomic E-state index is -0.222. The van der Waals surface area contributed by atoms with Crippen LogP contribution in [0.3, 0.4) is 0 Å². The first-order valence-electron chi connectivity index (χ1n) is 10.6. The molecule has 1 aliphatic heterocycles. The van der Waals surface area contributed by atoms with Crippen LogP contribution in [0.1, 0.15) is 22.3 Å². The highest BCUT2D eigenvalue weighted by Crippen LogP contribution is 2.65. The number of hydrogen-bond donors (Lipinski definition) is 1. The van der Waals surface area contributed by atoms with E-state index in [9.17, 15) is 14.4 Å². The van der Waals surface area contributed by atoms with E-state index in [2.05, 4.69) is 17.5 Å². The molecule has 5 aliphatic rings. The van der Waals surface area contributed by atoms with Gasteiger partial charge in [0.05, 0.1) is 17.5 Å². The Morgan fingerprint density at radius 3 is 2.00 bits per heavy atom. The van der Waals surface area contributed by atoms with E-state index >= 15 is 0 Å². The number of anilines is 2. The second-order valence-electron chi connectivity index (χ2n) is 9.03. The van der Waals surface area contributed by atoms with Crippen molar-refractivity contribution in [1.29, 1.82) is 0 Å². The van der Waals surface area contributed by atoms with Gasteiger partial charge in [0, 0.05) is 11.3 Å². The van der Waals surface area contributed by atoms with Crippen molar-refractivity contribution >= 4 is 29.1 Å². The minimum absolute atomic E-state index is 0.0773. The van der Waals surface area contributed by atoms with E-state index in [-0.39, 0.29) is 41.4 Å². The summed E-state index contributed by atoms with van der Waals surface area (Å²) < 4.78 is 0. The maximum absolute atomic E-state index is 13.2. The van der Waals surface area contributed by atoms with Crippen LogP contribution in [0.4, 0.5) is 11.4 Å². The van der Waals surface area contributed by atoms with Crippen LogP contribution in [0.5, 0.6) is 0 Å². The van der Waals surface area contributed by atoms with Crippen LogP contribution in [0.15, 0.2) is 60.7 Å². The van der Waals surface area contributed by atoms with Gasteiger partial charge in [-0.2, -0.15) is 0 Å². The van der Waals surface area contributed by atoms with Crippen LogP contribution in [0, 0.1) is 42.4 Å². The molecule has 0 radical (unpaired) electrons. The van der Waals surface area contributed by atoms with Crippen molar-refractivity contribution in [3.8, 4) is 0 Å². The van der Waals surface area contributed by atoms with Crippen LogP contribution in [-0.2, 0) is 9.59 Å². The molecule has 6 atom stereocenters. The smallest absolute Gasteiger partial charge is 0.255 e. The summed E-state index contributed by atoms with van der Waals surface area (Å²) in [6, 6.07) is 14.3. The van der Waals surface area contributed by atoms with E-state index < -0.39 is 0 Å². The van der Waals surface area contributed by atoms with Crippen LogP contribution in [0.25, 0.3) is 0 Å². The van der Waals surface area contributed by atoms with Gasteiger partial charge in [0.2, 0.25) is 11.8 Å². The molecule has 2 aromatic carbocycles. The summed E-state index contributed by atoms with van der Waals surface area (Å²) in [5.74, 6) is 0.814. The summed E-state index contributed by atoms with van der Waals surface area (Å²) in [6.07, 6.45) is 5.50. The Morgan fingerprint density at radius 1 is 0.867 bits per heavy atom. The molecule has 150 valence electrons.